The van der Waals surface area contributed by atoms with E-state index in [1.165, 1.54) is 0 Å². The number of hydrogen-bond acceptors (Lipinski definition) is 3. The predicted molar refractivity (Wildman–Crippen MR) is 72.9 cm³/mol. The van der Waals surface area contributed by atoms with Crippen LogP contribution in [0.25, 0.3) is 0 Å². The van der Waals surface area contributed by atoms with Crippen molar-refractivity contribution in [3.8, 4) is 0 Å². The Morgan fingerprint density at radius 2 is 1.83 bits per heavy atom. The molecule has 1 saturated heterocycles. The molecule has 0 N–H and O–H groups in total. The molecule has 0 unspecified atom stereocenters. The number of nitrogens with zero attached hydrogens (tertiary/aromatic N) is 3. The highest BCUT2D eigenvalue weighted by Crippen LogP contribution is 2.25. The van der Waals surface area contributed by atoms with Crippen LogP contribution < -0.4 is 0 Å². The van der Waals surface area contributed by atoms with Crippen LogP contribution in [0.2, 0.25) is 0 Å². The first-order valence-electron chi connectivity index (χ1n) is 6.58. The molecule has 3 rings (SSSR count). The number of amides is 1. The summed E-state index contributed by atoms with van der Waals surface area (Å²) in [7, 11) is 0. The van der Waals surface area contributed by atoms with Gasteiger partial charge in [0.05, 0.1) is 11.3 Å². The molecule has 1 aromatic rings. The van der Waals surface area contributed by atoms with Crippen molar-refractivity contribution >= 4 is 17.9 Å². The summed E-state index contributed by atoms with van der Waals surface area (Å²) in [6.45, 7) is 5.67. The summed E-state index contributed by atoms with van der Waals surface area (Å²) >= 11 is 0. The zero-order valence-electron chi connectivity index (χ0n) is 11.0. The minimum absolute atomic E-state index is 0.0628. The van der Waals surface area contributed by atoms with Crippen molar-refractivity contribution < 1.29 is 4.79 Å². The smallest absolute Gasteiger partial charge is 0.272 e. The van der Waals surface area contributed by atoms with Gasteiger partial charge in [-0.2, -0.15) is 0 Å². The quantitative estimate of drug-likeness (QED) is 0.704. The fraction of sp³-hybridized carbons (Fsp3) is 0.429. The molecule has 2 aliphatic rings. The third-order valence-corrected chi connectivity index (χ3v) is 3.02. The zero-order valence-corrected chi connectivity index (χ0v) is 11.0. The van der Waals surface area contributed by atoms with Gasteiger partial charge in [0.15, 0.2) is 0 Å². The number of hydrogen-bond donors (Lipinski definition) is 0. The Morgan fingerprint density at radius 1 is 1.11 bits per heavy atom. The molecular weight excluding hydrogens is 226 g/mol. The van der Waals surface area contributed by atoms with Crippen molar-refractivity contribution in [1.29, 1.82) is 0 Å². The number of carbonyl (C=O) groups excluding carboxylic acids is 1. The lowest BCUT2D eigenvalue weighted by atomic mass is 10.1. The summed E-state index contributed by atoms with van der Waals surface area (Å²) in [6.07, 6.45) is 3.95. The molecule has 2 aliphatic heterocycles. The molecular formula is C14H19N3O. The van der Waals surface area contributed by atoms with Crippen LogP contribution in [0.3, 0.4) is 0 Å². The summed E-state index contributed by atoms with van der Waals surface area (Å²) in [5.74, 6) is 0.0628. The van der Waals surface area contributed by atoms with Crippen molar-refractivity contribution in [1.82, 2.24) is 10.0 Å². The maximum atomic E-state index is 12.3. The van der Waals surface area contributed by atoms with E-state index in [1.54, 1.807) is 11.3 Å². The zero-order chi connectivity index (χ0) is 13.0. The molecule has 96 valence electrons. The largest absolute Gasteiger partial charge is 0.274 e. The molecule has 0 bridgehead atoms. The van der Waals surface area contributed by atoms with Crippen molar-refractivity contribution in [2.75, 3.05) is 13.1 Å². The van der Waals surface area contributed by atoms with Crippen molar-refractivity contribution in [3.63, 3.8) is 0 Å². The summed E-state index contributed by atoms with van der Waals surface area (Å²) in [5, 5.41) is 3.71. The van der Waals surface area contributed by atoms with Gasteiger partial charge >= 0.3 is 0 Å². The van der Waals surface area contributed by atoms with E-state index < -0.39 is 0 Å². The second kappa shape index (κ2) is 5.67. The van der Waals surface area contributed by atoms with Crippen molar-refractivity contribution in [2.24, 2.45) is 4.99 Å². The Morgan fingerprint density at radius 3 is 2.67 bits per heavy atom. The second-order valence-electron chi connectivity index (χ2n) is 4.06. The average molecular weight is 245 g/mol. The Labute approximate surface area is 108 Å². The van der Waals surface area contributed by atoms with Crippen LogP contribution in [0.1, 0.15) is 37.0 Å². The van der Waals surface area contributed by atoms with Crippen molar-refractivity contribution in [3.05, 3.63) is 29.8 Å². The van der Waals surface area contributed by atoms with Crippen LogP contribution in [-0.2, 0) is 0 Å². The standard InChI is InChI=1S/C12H13N3O.C2H6/c16-12-10-5-1-2-6-11(10)13-9-14-7-3-4-8-15(12)14;1-2/h1-2,5-6,9H,3-4,7-8H2;1-2H3. The molecule has 4 nitrogen and oxygen atoms in total. The van der Waals surface area contributed by atoms with Crippen LogP contribution in [0.15, 0.2) is 29.3 Å². The minimum Gasteiger partial charge on any atom is -0.272 e. The van der Waals surface area contributed by atoms with Crippen LogP contribution in [-0.4, -0.2) is 35.4 Å². The van der Waals surface area contributed by atoms with Gasteiger partial charge in [-0.3, -0.25) is 9.80 Å². The summed E-state index contributed by atoms with van der Waals surface area (Å²) in [4.78, 5) is 16.6. The van der Waals surface area contributed by atoms with Gasteiger partial charge in [-0.25, -0.2) is 10.0 Å². The van der Waals surface area contributed by atoms with Gasteiger partial charge in [-0.05, 0) is 25.0 Å². The summed E-state index contributed by atoms with van der Waals surface area (Å²) < 4.78 is 0. The number of hydrazine groups is 1. The third-order valence-electron chi connectivity index (χ3n) is 3.02. The molecule has 2 heterocycles. The first-order valence-corrected chi connectivity index (χ1v) is 6.58. The fourth-order valence-electron chi connectivity index (χ4n) is 2.16. The molecule has 0 aliphatic carbocycles. The lowest BCUT2D eigenvalue weighted by Gasteiger charge is -2.36. The monoisotopic (exact) mass is 245 g/mol. The molecule has 1 fully saturated rings. The Hall–Kier alpha value is -1.84. The van der Waals surface area contributed by atoms with E-state index >= 15 is 0 Å². The van der Waals surface area contributed by atoms with Crippen LogP contribution in [0, 0.1) is 0 Å². The van der Waals surface area contributed by atoms with E-state index in [9.17, 15) is 4.79 Å². The maximum Gasteiger partial charge on any atom is 0.274 e. The number of rotatable bonds is 0. The molecule has 4 heteroatoms. The molecule has 0 saturated carbocycles. The highest BCUT2D eigenvalue weighted by atomic mass is 16.2. The highest BCUT2D eigenvalue weighted by Gasteiger charge is 2.27. The number of fused-ring (bicyclic) bond motifs is 2. The second-order valence-corrected chi connectivity index (χ2v) is 4.06. The van der Waals surface area contributed by atoms with Crippen LogP contribution in [0.4, 0.5) is 5.69 Å². The van der Waals surface area contributed by atoms with E-state index in [2.05, 4.69) is 4.99 Å². The normalized spacial score (nSPS) is 17.3. The molecule has 0 radical (unpaired) electrons. The van der Waals surface area contributed by atoms with E-state index in [0.717, 1.165) is 31.6 Å². The molecule has 18 heavy (non-hydrogen) atoms. The van der Waals surface area contributed by atoms with E-state index in [1.807, 2.05) is 43.1 Å². The van der Waals surface area contributed by atoms with E-state index in [-0.39, 0.29) is 5.91 Å². The van der Waals surface area contributed by atoms with Gasteiger partial charge in [-0.15, -0.1) is 0 Å². The van der Waals surface area contributed by atoms with Gasteiger partial charge in [0.1, 0.15) is 6.34 Å². The minimum atomic E-state index is 0.0628. The lowest BCUT2D eigenvalue weighted by Crippen LogP contribution is -2.48. The number of aliphatic imine (C=N–C) groups is 1. The first-order chi connectivity index (χ1) is 8.86. The van der Waals surface area contributed by atoms with Gasteiger partial charge in [-0.1, -0.05) is 26.0 Å². The van der Waals surface area contributed by atoms with Crippen molar-refractivity contribution in [2.45, 2.75) is 26.7 Å². The van der Waals surface area contributed by atoms with Gasteiger partial charge in [0.25, 0.3) is 5.91 Å². The third kappa shape index (κ3) is 2.23. The Kier molecular flexibility index (Phi) is 3.97. The summed E-state index contributed by atoms with van der Waals surface area (Å²) in [5.41, 5.74) is 1.46. The SMILES string of the molecule is CC.O=C1c2ccccc2N=CN2CCCCN12. The number of benzene rings is 1. The Bertz CT molecular complexity index is 456. The molecule has 0 atom stereocenters. The Balaban J connectivity index is 0.000000574. The van der Waals surface area contributed by atoms with Gasteiger partial charge < -0.3 is 0 Å². The summed E-state index contributed by atoms with van der Waals surface area (Å²) in [6, 6.07) is 7.51. The molecule has 0 aromatic heterocycles. The van der Waals surface area contributed by atoms with Gasteiger partial charge in [0.2, 0.25) is 0 Å². The topological polar surface area (TPSA) is 35.9 Å². The lowest BCUT2D eigenvalue weighted by molar-refractivity contribution is 0.0186. The van der Waals surface area contributed by atoms with Crippen LogP contribution in [0.5, 0.6) is 0 Å². The van der Waals surface area contributed by atoms with Gasteiger partial charge in [0, 0.05) is 13.1 Å². The highest BCUT2D eigenvalue weighted by molar-refractivity contribution is 6.00. The molecule has 1 amide bonds. The number of carbonyl (C=O) groups is 1. The van der Waals surface area contributed by atoms with E-state index in [4.69, 9.17) is 0 Å². The molecule has 1 aromatic carbocycles. The maximum absolute atomic E-state index is 12.3. The van der Waals surface area contributed by atoms with E-state index in [0.29, 0.717) is 5.56 Å². The average Bonchev–Trinajstić information content (AvgIpc) is 2.60. The fourth-order valence-corrected chi connectivity index (χ4v) is 2.16. The molecule has 0 spiro atoms. The first kappa shape index (κ1) is 12.6. The number of para-hydroxylation sites is 1. The van der Waals surface area contributed by atoms with Crippen LogP contribution >= 0.6 is 0 Å². The predicted octanol–water partition coefficient (Wildman–Crippen LogP) is 2.84.